The number of ether oxygens (including phenoxy) is 1. The third-order valence-electron chi connectivity index (χ3n) is 3.24. The highest BCUT2D eigenvalue weighted by molar-refractivity contribution is 7.91. The fraction of sp³-hybridized carbons (Fsp3) is 0.615. The average Bonchev–Trinajstić information content (AvgIpc) is 2.57. The Kier molecular flexibility index (Phi) is 3.91. The molecule has 1 fully saturated rings. The lowest BCUT2D eigenvalue weighted by atomic mass is 10.1. The maximum absolute atomic E-state index is 12.4. The van der Waals surface area contributed by atoms with E-state index in [0.29, 0.717) is 17.1 Å². The van der Waals surface area contributed by atoms with E-state index in [9.17, 15) is 8.42 Å². The Morgan fingerprint density at radius 3 is 2.68 bits per heavy atom. The van der Waals surface area contributed by atoms with Gasteiger partial charge >= 0.3 is 0 Å². The summed E-state index contributed by atoms with van der Waals surface area (Å²) in [5.74, 6) is -0.0137. The second-order valence-electron chi connectivity index (χ2n) is 5.64. The maximum Gasteiger partial charge on any atom is 0.159 e. The van der Waals surface area contributed by atoms with E-state index in [2.05, 4.69) is 4.98 Å². The number of rotatable bonds is 3. The van der Waals surface area contributed by atoms with Crippen molar-refractivity contribution >= 4 is 21.4 Å². The van der Waals surface area contributed by atoms with Gasteiger partial charge in [-0.05, 0) is 44.9 Å². The molecule has 0 aliphatic carbocycles. The molecule has 0 bridgehead atoms. The minimum Gasteiger partial charge on any atom is -0.374 e. The second-order valence-corrected chi connectivity index (χ2v) is 8.31. The Morgan fingerprint density at radius 1 is 1.47 bits per heavy atom. The van der Waals surface area contributed by atoms with Crippen LogP contribution < -0.4 is 0 Å². The van der Waals surface area contributed by atoms with Gasteiger partial charge in [-0.2, -0.15) is 0 Å². The highest BCUT2D eigenvalue weighted by Crippen LogP contribution is 2.30. The van der Waals surface area contributed by atoms with Crippen molar-refractivity contribution in [2.75, 3.05) is 6.61 Å². The molecule has 2 rings (SSSR count). The fourth-order valence-corrected chi connectivity index (χ4v) is 4.42. The maximum atomic E-state index is 12.4. The quantitative estimate of drug-likeness (QED) is 0.805. The van der Waals surface area contributed by atoms with Crippen LogP contribution in [0.2, 0.25) is 5.15 Å². The highest BCUT2D eigenvalue weighted by atomic mass is 35.5. The van der Waals surface area contributed by atoms with Crippen LogP contribution in [0.5, 0.6) is 0 Å². The molecule has 0 aromatic carbocycles. The first kappa shape index (κ1) is 14.8. The van der Waals surface area contributed by atoms with E-state index in [1.54, 1.807) is 19.1 Å². The van der Waals surface area contributed by atoms with E-state index in [1.165, 1.54) is 0 Å². The molecule has 1 aliphatic rings. The SMILES string of the molecule is Cc1cc(CS(=O)(=O)C2COC(C)(C)C2)cc(Cl)n1. The number of sulfone groups is 1. The van der Waals surface area contributed by atoms with Gasteiger partial charge in [0, 0.05) is 5.69 Å². The molecule has 1 unspecified atom stereocenters. The summed E-state index contributed by atoms with van der Waals surface area (Å²) in [6, 6.07) is 3.36. The van der Waals surface area contributed by atoms with Crippen LogP contribution in [0, 0.1) is 6.92 Å². The average molecular weight is 304 g/mol. The minimum absolute atomic E-state index is 0.0137. The normalized spacial score (nSPS) is 22.6. The molecule has 0 radical (unpaired) electrons. The summed E-state index contributed by atoms with van der Waals surface area (Å²) in [5, 5.41) is -0.108. The van der Waals surface area contributed by atoms with E-state index in [-0.39, 0.29) is 18.0 Å². The molecule has 4 nitrogen and oxygen atoms in total. The van der Waals surface area contributed by atoms with Crippen molar-refractivity contribution < 1.29 is 13.2 Å². The van der Waals surface area contributed by atoms with Crippen molar-refractivity contribution in [2.24, 2.45) is 0 Å². The standard InChI is InChI=1S/C13H18ClNO3S/c1-9-4-10(5-12(14)15-9)8-19(16,17)11-6-13(2,3)18-7-11/h4-5,11H,6-8H2,1-3H3. The molecule has 6 heteroatoms. The first-order chi connectivity index (χ1) is 8.68. The van der Waals surface area contributed by atoms with Gasteiger partial charge in [-0.1, -0.05) is 11.6 Å². The molecule has 0 spiro atoms. The van der Waals surface area contributed by atoms with Gasteiger partial charge in [-0.3, -0.25) is 0 Å². The summed E-state index contributed by atoms with van der Waals surface area (Å²) in [6.07, 6.45) is 0.535. The van der Waals surface area contributed by atoms with Gasteiger partial charge in [0.1, 0.15) is 5.15 Å². The number of pyridine rings is 1. The van der Waals surface area contributed by atoms with E-state index in [1.807, 2.05) is 13.8 Å². The molecule has 2 heterocycles. The number of aryl methyl sites for hydroxylation is 1. The zero-order valence-electron chi connectivity index (χ0n) is 11.3. The van der Waals surface area contributed by atoms with Crippen molar-refractivity contribution in [3.8, 4) is 0 Å². The summed E-state index contributed by atoms with van der Waals surface area (Å²) in [5.41, 5.74) is 1.05. The number of aromatic nitrogens is 1. The molecule has 19 heavy (non-hydrogen) atoms. The van der Waals surface area contributed by atoms with Crippen LogP contribution in [0.1, 0.15) is 31.5 Å². The Bertz CT molecular complexity index is 563. The van der Waals surface area contributed by atoms with Gasteiger partial charge in [-0.15, -0.1) is 0 Å². The summed E-state index contributed by atoms with van der Waals surface area (Å²) < 4.78 is 30.2. The van der Waals surface area contributed by atoms with Crippen LogP contribution >= 0.6 is 11.6 Å². The molecule has 1 saturated heterocycles. The molecule has 1 aromatic heterocycles. The van der Waals surface area contributed by atoms with Gasteiger partial charge in [0.15, 0.2) is 9.84 Å². The van der Waals surface area contributed by atoms with E-state index < -0.39 is 15.1 Å². The molecule has 0 saturated carbocycles. The smallest absolute Gasteiger partial charge is 0.159 e. The fourth-order valence-electron chi connectivity index (χ4n) is 2.34. The topological polar surface area (TPSA) is 56.3 Å². The van der Waals surface area contributed by atoms with E-state index in [0.717, 1.165) is 5.69 Å². The third kappa shape index (κ3) is 3.68. The molecule has 106 valence electrons. The molecular formula is C13H18ClNO3S. The zero-order valence-corrected chi connectivity index (χ0v) is 12.9. The van der Waals surface area contributed by atoms with Gasteiger partial charge < -0.3 is 4.74 Å². The molecule has 1 atom stereocenters. The van der Waals surface area contributed by atoms with Gasteiger partial charge in [0.25, 0.3) is 0 Å². The number of hydrogen-bond acceptors (Lipinski definition) is 4. The summed E-state index contributed by atoms with van der Waals surface area (Å²) in [4.78, 5) is 4.03. The molecule has 0 amide bonds. The van der Waals surface area contributed by atoms with Crippen molar-refractivity contribution in [2.45, 2.75) is 43.8 Å². The molecule has 0 N–H and O–H groups in total. The largest absolute Gasteiger partial charge is 0.374 e. The number of nitrogens with zero attached hydrogens (tertiary/aromatic N) is 1. The Morgan fingerprint density at radius 2 is 2.16 bits per heavy atom. The Labute approximate surface area is 119 Å². The van der Waals surface area contributed by atoms with Crippen LogP contribution in [0.25, 0.3) is 0 Å². The number of halogens is 1. The van der Waals surface area contributed by atoms with Crippen molar-refractivity contribution in [3.05, 3.63) is 28.5 Å². The minimum atomic E-state index is -3.23. The van der Waals surface area contributed by atoms with E-state index >= 15 is 0 Å². The lowest BCUT2D eigenvalue weighted by molar-refractivity contribution is 0.0368. The summed E-state index contributed by atoms with van der Waals surface area (Å²) in [6.45, 7) is 5.89. The Balaban J connectivity index is 2.18. The molecular weight excluding hydrogens is 286 g/mol. The van der Waals surface area contributed by atoms with Gasteiger partial charge in [0.2, 0.25) is 0 Å². The van der Waals surface area contributed by atoms with E-state index in [4.69, 9.17) is 16.3 Å². The summed E-state index contributed by atoms with van der Waals surface area (Å²) >= 11 is 5.85. The second kappa shape index (κ2) is 5.04. The van der Waals surface area contributed by atoms with Crippen molar-refractivity contribution in [1.29, 1.82) is 0 Å². The first-order valence-electron chi connectivity index (χ1n) is 6.17. The molecule has 1 aliphatic heterocycles. The van der Waals surface area contributed by atoms with Crippen molar-refractivity contribution in [3.63, 3.8) is 0 Å². The first-order valence-corrected chi connectivity index (χ1v) is 8.26. The summed E-state index contributed by atoms with van der Waals surface area (Å²) in [7, 11) is -3.23. The lowest BCUT2D eigenvalue weighted by Crippen LogP contribution is -2.25. The molecule has 1 aromatic rings. The van der Waals surface area contributed by atoms with Crippen LogP contribution in [0.15, 0.2) is 12.1 Å². The van der Waals surface area contributed by atoms with Gasteiger partial charge in [0.05, 0.1) is 23.2 Å². The van der Waals surface area contributed by atoms with Crippen LogP contribution in [-0.2, 0) is 20.3 Å². The van der Waals surface area contributed by atoms with Crippen LogP contribution in [-0.4, -0.2) is 30.9 Å². The van der Waals surface area contributed by atoms with Crippen LogP contribution in [0.4, 0.5) is 0 Å². The van der Waals surface area contributed by atoms with Crippen molar-refractivity contribution in [1.82, 2.24) is 4.98 Å². The zero-order chi connectivity index (χ0) is 14.3. The number of hydrogen-bond donors (Lipinski definition) is 0. The van der Waals surface area contributed by atoms with Gasteiger partial charge in [-0.25, -0.2) is 13.4 Å². The van der Waals surface area contributed by atoms with Crippen LogP contribution in [0.3, 0.4) is 0 Å². The Hall–Kier alpha value is -0.650. The predicted octanol–water partition coefficient (Wildman–Crippen LogP) is 2.53. The predicted molar refractivity (Wildman–Crippen MR) is 75.0 cm³/mol. The lowest BCUT2D eigenvalue weighted by Gasteiger charge is -2.15. The third-order valence-corrected chi connectivity index (χ3v) is 5.48. The monoisotopic (exact) mass is 303 g/mol. The highest BCUT2D eigenvalue weighted by Gasteiger charge is 2.39.